The number of nitrogens with zero attached hydrogens (tertiary/aromatic N) is 3. The molecule has 35 heavy (non-hydrogen) atoms. The van der Waals surface area contributed by atoms with Gasteiger partial charge in [0.05, 0.1) is 28.8 Å². The van der Waals surface area contributed by atoms with Crippen molar-refractivity contribution < 1.29 is 18.3 Å². The molecule has 184 valence electrons. The van der Waals surface area contributed by atoms with Gasteiger partial charge in [-0.25, -0.2) is 4.98 Å². The standard InChI is InChI=1S/C26H26ClF3N4O/c1-3-33(4-2)16-18-13-20(27)14-22(24(18)35)32-25-31-21-7-5-6-8-23(21)34(25)15-17-9-11-19(12-10-17)26(28,29)30/h5-14,35H,3-4,15-16H2,1-2H3,(H,31,32). The maximum absolute atomic E-state index is 13.0. The number of para-hydroxylation sites is 2. The number of fused-ring (bicyclic) bond motifs is 1. The Kier molecular flexibility index (Phi) is 7.23. The predicted octanol–water partition coefficient (Wildman–Crippen LogP) is 7.05. The molecule has 5 nitrogen and oxygen atoms in total. The van der Waals surface area contributed by atoms with Gasteiger partial charge in [0, 0.05) is 17.1 Å². The van der Waals surface area contributed by atoms with Crippen molar-refractivity contribution in [1.29, 1.82) is 0 Å². The molecule has 0 unspecified atom stereocenters. The van der Waals surface area contributed by atoms with Gasteiger partial charge in [0.15, 0.2) is 0 Å². The number of aromatic nitrogens is 2. The summed E-state index contributed by atoms with van der Waals surface area (Å²) >= 11 is 6.37. The third kappa shape index (κ3) is 5.55. The average molecular weight is 503 g/mol. The summed E-state index contributed by atoms with van der Waals surface area (Å²) < 4.78 is 40.8. The number of imidazole rings is 1. The van der Waals surface area contributed by atoms with Crippen molar-refractivity contribution in [3.63, 3.8) is 0 Å². The number of benzene rings is 3. The molecule has 0 atom stereocenters. The lowest BCUT2D eigenvalue weighted by molar-refractivity contribution is -0.137. The highest BCUT2D eigenvalue weighted by atomic mass is 35.5. The highest BCUT2D eigenvalue weighted by Gasteiger charge is 2.30. The SMILES string of the molecule is CCN(CC)Cc1cc(Cl)cc(Nc2nc3ccccc3n2Cc2ccc(C(F)(F)F)cc2)c1O. The van der Waals surface area contributed by atoms with Crippen molar-refractivity contribution in [3.05, 3.63) is 82.4 Å². The zero-order valence-electron chi connectivity index (χ0n) is 19.4. The smallest absolute Gasteiger partial charge is 0.416 e. The molecule has 0 aliphatic rings. The Hall–Kier alpha value is -3.23. The molecule has 0 spiro atoms. The molecular formula is C26H26ClF3N4O. The van der Waals surface area contributed by atoms with Crippen LogP contribution in [0.15, 0.2) is 60.7 Å². The third-order valence-corrected chi connectivity index (χ3v) is 6.18. The van der Waals surface area contributed by atoms with Crippen molar-refractivity contribution in [2.75, 3.05) is 18.4 Å². The van der Waals surface area contributed by atoms with Crippen LogP contribution in [0.2, 0.25) is 5.02 Å². The number of phenols is 1. The summed E-state index contributed by atoms with van der Waals surface area (Å²) in [7, 11) is 0. The average Bonchev–Trinajstić information content (AvgIpc) is 3.16. The molecule has 0 bridgehead atoms. The van der Waals surface area contributed by atoms with Gasteiger partial charge in [-0.05, 0) is 55.1 Å². The van der Waals surface area contributed by atoms with Crippen LogP contribution in [-0.2, 0) is 19.3 Å². The molecule has 3 aromatic carbocycles. The first-order chi connectivity index (χ1) is 16.7. The topological polar surface area (TPSA) is 53.3 Å². The fourth-order valence-corrected chi connectivity index (χ4v) is 4.23. The molecule has 4 rings (SSSR count). The molecule has 2 N–H and O–H groups in total. The molecule has 0 saturated heterocycles. The van der Waals surface area contributed by atoms with E-state index in [1.807, 2.05) is 42.7 Å². The molecule has 4 aromatic rings. The van der Waals surface area contributed by atoms with Crippen LogP contribution >= 0.6 is 11.6 Å². The number of phenolic OH excluding ortho intramolecular Hbond substituents is 1. The molecule has 9 heteroatoms. The maximum atomic E-state index is 13.0. The number of nitrogens with one attached hydrogen (secondary N) is 1. The van der Waals surface area contributed by atoms with Crippen LogP contribution in [0.25, 0.3) is 11.0 Å². The zero-order chi connectivity index (χ0) is 25.2. The number of halogens is 4. The monoisotopic (exact) mass is 502 g/mol. The minimum Gasteiger partial charge on any atom is -0.505 e. The minimum atomic E-state index is -4.39. The van der Waals surface area contributed by atoms with Crippen LogP contribution < -0.4 is 5.32 Å². The van der Waals surface area contributed by atoms with E-state index in [0.29, 0.717) is 39.8 Å². The van der Waals surface area contributed by atoms with E-state index in [1.165, 1.54) is 12.1 Å². The Balaban J connectivity index is 1.71. The van der Waals surface area contributed by atoms with E-state index in [1.54, 1.807) is 12.1 Å². The fraction of sp³-hybridized carbons (Fsp3) is 0.269. The summed E-state index contributed by atoms with van der Waals surface area (Å²) in [5.41, 5.74) is 2.60. The summed E-state index contributed by atoms with van der Waals surface area (Å²) in [4.78, 5) is 6.82. The molecular weight excluding hydrogens is 477 g/mol. The predicted molar refractivity (Wildman–Crippen MR) is 133 cm³/mol. The van der Waals surface area contributed by atoms with Gasteiger partial charge < -0.3 is 15.0 Å². The van der Waals surface area contributed by atoms with E-state index >= 15 is 0 Å². The van der Waals surface area contributed by atoms with Crippen molar-refractivity contribution in [1.82, 2.24) is 14.5 Å². The van der Waals surface area contributed by atoms with Gasteiger partial charge in [0.25, 0.3) is 0 Å². The van der Waals surface area contributed by atoms with E-state index in [2.05, 4.69) is 15.2 Å². The van der Waals surface area contributed by atoms with Crippen LogP contribution in [0.5, 0.6) is 5.75 Å². The maximum Gasteiger partial charge on any atom is 0.416 e. The summed E-state index contributed by atoms with van der Waals surface area (Å²) in [5, 5.41) is 14.7. The lowest BCUT2D eigenvalue weighted by Gasteiger charge is -2.20. The molecule has 0 radical (unpaired) electrons. The second kappa shape index (κ2) is 10.2. The second-order valence-corrected chi connectivity index (χ2v) is 8.69. The molecule has 1 aromatic heterocycles. The molecule has 0 saturated carbocycles. The van der Waals surface area contributed by atoms with E-state index < -0.39 is 11.7 Å². The lowest BCUT2D eigenvalue weighted by Crippen LogP contribution is -2.22. The van der Waals surface area contributed by atoms with Crippen LogP contribution in [0, 0.1) is 0 Å². The minimum absolute atomic E-state index is 0.0782. The third-order valence-electron chi connectivity index (χ3n) is 5.96. The zero-order valence-corrected chi connectivity index (χ0v) is 20.2. The van der Waals surface area contributed by atoms with Crippen LogP contribution in [0.3, 0.4) is 0 Å². The van der Waals surface area contributed by atoms with Gasteiger partial charge in [-0.3, -0.25) is 4.90 Å². The largest absolute Gasteiger partial charge is 0.505 e. The second-order valence-electron chi connectivity index (χ2n) is 8.25. The van der Waals surface area contributed by atoms with Crippen LogP contribution in [-0.4, -0.2) is 32.6 Å². The highest BCUT2D eigenvalue weighted by Crippen LogP contribution is 2.35. The Morgan fingerprint density at radius 3 is 2.37 bits per heavy atom. The number of hydrogen-bond donors (Lipinski definition) is 2. The van der Waals surface area contributed by atoms with E-state index in [4.69, 9.17) is 11.6 Å². The molecule has 0 fully saturated rings. The summed E-state index contributed by atoms with van der Waals surface area (Å²) in [6, 6.07) is 15.9. The number of alkyl halides is 3. The normalized spacial score (nSPS) is 12.0. The quantitative estimate of drug-likeness (QED) is 0.253. The summed E-state index contributed by atoms with van der Waals surface area (Å²) in [5.74, 6) is 0.520. The number of hydrogen-bond acceptors (Lipinski definition) is 4. The van der Waals surface area contributed by atoms with E-state index in [9.17, 15) is 18.3 Å². The Bertz CT molecular complexity index is 1310. The first-order valence-corrected chi connectivity index (χ1v) is 11.7. The van der Waals surface area contributed by atoms with Gasteiger partial charge >= 0.3 is 6.18 Å². The Morgan fingerprint density at radius 2 is 1.71 bits per heavy atom. The number of anilines is 2. The fourth-order valence-electron chi connectivity index (χ4n) is 3.99. The van der Waals surface area contributed by atoms with Crippen LogP contribution in [0.4, 0.5) is 24.8 Å². The summed E-state index contributed by atoms with van der Waals surface area (Å²) in [6.45, 7) is 6.58. The molecule has 1 heterocycles. The van der Waals surface area contributed by atoms with Crippen molar-refractivity contribution in [3.8, 4) is 5.75 Å². The van der Waals surface area contributed by atoms with Gasteiger partial charge in [0.1, 0.15) is 5.75 Å². The van der Waals surface area contributed by atoms with Crippen LogP contribution in [0.1, 0.15) is 30.5 Å². The highest BCUT2D eigenvalue weighted by molar-refractivity contribution is 6.31. The molecule has 0 aliphatic heterocycles. The van der Waals surface area contributed by atoms with Crippen molar-refractivity contribution >= 4 is 34.3 Å². The molecule has 0 aliphatic carbocycles. The summed E-state index contributed by atoms with van der Waals surface area (Å²) in [6.07, 6.45) is -4.39. The number of aromatic hydroxyl groups is 1. The van der Waals surface area contributed by atoms with Crippen molar-refractivity contribution in [2.24, 2.45) is 0 Å². The van der Waals surface area contributed by atoms with Gasteiger partial charge in [-0.2, -0.15) is 13.2 Å². The first-order valence-electron chi connectivity index (χ1n) is 11.3. The first kappa shape index (κ1) is 24.9. The number of rotatable bonds is 8. The van der Waals surface area contributed by atoms with E-state index in [-0.39, 0.29) is 12.3 Å². The van der Waals surface area contributed by atoms with Crippen molar-refractivity contribution in [2.45, 2.75) is 33.1 Å². The van der Waals surface area contributed by atoms with E-state index in [0.717, 1.165) is 30.7 Å². The lowest BCUT2D eigenvalue weighted by atomic mass is 10.1. The van der Waals surface area contributed by atoms with Gasteiger partial charge in [0.2, 0.25) is 5.95 Å². The van der Waals surface area contributed by atoms with Gasteiger partial charge in [-0.15, -0.1) is 0 Å². The molecule has 0 amide bonds. The van der Waals surface area contributed by atoms with Gasteiger partial charge in [-0.1, -0.05) is 49.7 Å². The Labute approximate surface area is 206 Å². The Morgan fingerprint density at radius 1 is 1.03 bits per heavy atom.